The number of rotatable bonds is 7. The van der Waals surface area contributed by atoms with Gasteiger partial charge in [-0.15, -0.1) is 0 Å². The van der Waals surface area contributed by atoms with Crippen molar-refractivity contribution in [3.8, 4) is 11.3 Å². The van der Waals surface area contributed by atoms with Crippen molar-refractivity contribution in [3.63, 3.8) is 0 Å². The van der Waals surface area contributed by atoms with E-state index in [9.17, 15) is 26.4 Å². The van der Waals surface area contributed by atoms with Crippen LogP contribution < -0.4 is 4.72 Å². The number of ether oxygens (including phenoxy) is 1. The van der Waals surface area contributed by atoms with Gasteiger partial charge in [0.2, 0.25) is 0 Å². The first-order valence-electron chi connectivity index (χ1n) is 11.9. The van der Waals surface area contributed by atoms with Crippen molar-refractivity contribution in [1.82, 2.24) is 4.98 Å². The predicted octanol–water partition coefficient (Wildman–Crippen LogP) is 6.41. The Morgan fingerprint density at radius 1 is 0.973 bits per heavy atom. The molecular formula is C27H27F3N2O4S. The van der Waals surface area contributed by atoms with Crippen molar-refractivity contribution < 1.29 is 31.1 Å². The lowest BCUT2D eigenvalue weighted by atomic mass is 9.79. The summed E-state index contributed by atoms with van der Waals surface area (Å²) in [4.78, 5) is 15.1. The Labute approximate surface area is 213 Å². The van der Waals surface area contributed by atoms with Gasteiger partial charge < -0.3 is 4.74 Å². The standard InChI is InChI=1S/C27H27F3N2O4S/c1-18(33)36-17-19-2-4-20(5-3-19)21-6-8-22(9-7-21)26-15-12-24(16-31-26)32-37(34,35)25-13-10-23(11-14-25)27(28,29)30/h6-16,19-20,32H,2-5,17H2,1H3. The Balaban J connectivity index is 1.36. The van der Waals surface area contributed by atoms with E-state index in [0.717, 1.165) is 55.5 Å². The van der Waals surface area contributed by atoms with Crippen molar-refractivity contribution in [2.24, 2.45) is 5.92 Å². The minimum absolute atomic E-state index is 0.200. The number of pyridine rings is 1. The third-order valence-electron chi connectivity index (χ3n) is 6.55. The van der Waals surface area contributed by atoms with Gasteiger partial charge in [-0.2, -0.15) is 13.2 Å². The molecule has 2 aromatic carbocycles. The smallest absolute Gasteiger partial charge is 0.416 e. The van der Waals surface area contributed by atoms with Gasteiger partial charge in [0.15, 0.2) is 0 Å². The summed E-state index contributed by atoms with van der Waals surface area (Å²) in [7, 11) is -4.07. The molecule has 0 bridgehead atoms. The molecule has 0 unspecified atom stereocenters. The van der Waals surface area contributed by atoms with Gasteiger partial charge in [-0.3, -0.25) is 14.5 Å². The quantitative estimate of drug-likeness (QED) is 0.356. The van der Waals surface area contributed by atoms with Crippen molar-refractivity contribution in [2.75, 3.05) is 11.3 Å². The molecule has 4 rings (SSSR count). The molecular weight excluding hydrogens is 505 g/mol. The van der Waals surface area contributed by atoms with Gasteiger partial charge in [0.05, 0.1) is 34.6 Å². The van der Waals surface area contributed by atoms with Crippen LogP contribution in [-0.4, -0.2) is 26.0 Å². The lowest BCUT2D eigenvalue weighted by molar-refractivity contribution is -0.142. The first-order chi connectivity index (χ1) is 17.5. The third kappa shape index (κ3) is 6.88. The number of sulfonamides is 1. The van der Waals surface area contributed by atoms with Crippen LogP contribution in [0, 0.1) is 5.92 Å². The zero-order chi connectivity index (χ0) is 26.6. The number of carbonyl (C=O) groups is 1. The van der Waals surface area contributed by atoms with Crippen LogP contribution in [0.2, 0.25) is 0 Å². The molecule has 0 spiro atoms. The Morgan fingerprint density at radius 3 is 2.16 bits per heavy atom. The first-order valence-corrected chi connectivity index (χ1v) is 13.4. The lowest BCUT2D eigenvalue weighted by Gasteiger charge is -2.28. The number of nitrogens with zero attached hydrogens (tertiary/aromatic N) is 1. The number of halogens is 3. The highest BCUT2D eigenvalue weighted by Gasteiger charge is 2.30. The summed E-state index contributed by atoms with van der Waals surface area (Å²) < 4.78 is 70.8. The van der Waals surface area contributed by atoms with Crippen LogP contribution in [0.15, 0.2) is 71.8 Å². The fourth-order valence-corrected chi connectivity index (χ4v) is 5.53. The Hall–Kier alpha value is -3.40. The number of benzene rings is 2. The van der Waals surface area contributed by atoms with Crippen LogP contribution in [0.3, 0.4) is 0 Å². The molecule has 1 N–H and O–H groups in total. The second kappa shape index (κ2) is 10.9. The summed E-state index contributed by atoms with van der Waals surface area (Å²) in [5.41, 5.74) is 2.07. The molecule has 196 valence electrons. The number of carbonyl (C=O) groups excluding carboxylic acids is 1. The molecule has 1 heterocycles. The Bertz CT molecular complexity index is 1320. The molecule has 0 saturated heterocycles. The van der Waals surface area contributed by atoms with E-state index in [4.69, 9.17) is 4.74 Å². The second-order valence-corrected chi connectivity index (χ2v) is 10.9. The van der Waals surface area contributed by atoms with Crippen molar-refractivity contribution in [3.05, 3.63) is 78.0 Å². The largest absolute Gasteiger partial charge is 0.466 e. The maximum Gasteiger partial charge on any atom is 0.416 e. The van der Waals surface area contributed by atoms with Gasteiger partial charge >= 0.3 is 12.1 Å². The van der Waals surface area contributed by atoms with Gasteiger partial charge in [0, 0.05) is 12.5 Å². The van der Waals surface area contributed by atoms with Crippen LogP contribution in [-0.2, 0) is 25.7 Å². The molecule has 0 atom stereocenters. The highest BCUT2D eigenvalue weighted by Crippen LogP contribution is 2.36. The fourth-order valence-electron chi connectivity index (χ4n) is 4.49. The highest BCUT2D eigenvalue weighted by molar-refractivity contribution is 7.92. The maximum atomic E-state index is 12.7. The summed E-state index contributed by atoms with van der Waals surface area (Å²) >= 11 is 0. The predicted molar refractivity (Wildman–Crippen MR) is 133 cm³/mol. The molecule has 1 aliphatic rings. The number of anilines is 1. The summed E-state index contributed by atoms with van der Waals surface area (Å²) in [6.45, 7) is 1.92. The minimum Gasteiger partial charge on any atom is -0.466 e. The van der Waals surface area contributed by atoms with E-state index in [0.29, 0.717) is 24.1 Å². The topological polar surface area (TPSA) is 85.4 Å². The average Bonchev–Trinajstić information content (AvgIpc) is 2.88. The molecule has 10 heteroatoms. The van der Waals surface area contributed by atoms with Gasteiger partial charge in [-0.05, 0) is 79.5 Å². The molecule has 1 saturated carbocycles. The van der Waals surface area contributed by atoms with E-state index in [1.807, 2.05) is 12.1 Å². The number of alkyl halides is 3. The molecule has 6 nitrogen and oxygen atoms in total. The third-order valence-corrected chi connectivity index (χ3v) is 7.95. The maximum absolute atomic E-state index is 12.7. The van der Waals surface area contributed by atoms with Gasteiger partial charge in [-0.25, -0.2) is 8.42 Å². The molecule has 0 radical (unpaired) electrons. The first kappa shape index (κ1) is 26.7. The monoisotopic (exact) mass is 532 g/mol. The molecule has 0 amide bonds. The van der Waals surface area contributed by atoms with E-state index >= 15 is 0 Å². The van der Waals surface area contributed by atoms with Crippen LogP contribution in [0.25, 0.3) is 11.3 Å². The highest BCUT2D eigenvalue weighted by atomic mass is 32.2. The van der Waals surface area contributed by atoms with E-state index < -0.39 is 21.8 Å². The number of hydrogen-bond acceptors (Lipinski definition) is 5. The van der Waals surface area contributed by atoms with Crippen LogP contribution in [0.4, 0.5) is 18.9 Å². The molecule has 3 aromatic rings. The van der Waals surface area contributed by atoms with E-state index in [2.05, 4.69) is 21.8 Å². The summed E-state index contributed by atoms with van der Waals surface area (Å²) in [6, 6.07) is 14.7. The van der Waals surface area contributed by atoms with Crippen molar-refractivity contribution in [2.45, 2.75) is 49.6 Å². The summed E-state index contributed by atoms with van der Waals surface area (Å²) in [5, 5.41) is 0. The van der Waals surface area contributed by atoms with E-state index in [1.54, 1.807) is 12.1 Å². The van der Waals surface area contributed by atoms with Crippen molar-refractivity contribution >= 4 is 21.7 Å². The second-order valence-electron chi connectivity index (χ2n) is 9.20. The van der Waals surface area contributed by atoms with E-state index in [-0.39, 0.29) is 16.6 Å². The van der Waals surface area contributed by atoms with Crippen LogP contribution in [0.5, 0.6) is 0 Å². The Morgan fingerprint density at radius 2 is 1.62 bits per heavy atom. The van der Waals surface area contributed by atoms with Gasteiger partial charge in [0.25, 0.3) is 10.0 Å². The molecule has 1 aromatic heterocycles. The average molecular weight is 533 g/mol. The summed E-state index contributed by atoms with van der Waals surface area (Å²) in [6.07, 6.45) is 0.944. The number of hydrogen-bond donors (Lipinski definition) is 1. The SMILES string of the molecule is CC(=O)OCC1CCC(c2ccc(-c3ccc(NS(=O)(=O)c4ccc(C(F)(F)F)cc4)cn3)cc2)CC1. The molecule has 1 aliphatic carbocycles. The minimum atomic E-state index is -4.54. The van der Waals surface area contributed by atoms with E-state index in [1.165, 1.54) is 18.7 Å². The molecule has 0 aliphatic heterocycles. The Kier molecular flexibility index (Phi) is 7.87. The van der Waals surface area contributed by atoms with Crippen molar-refractivity contribution in [1.29, 1.82) is 0 Å². The zero-order valence-corrected chi connectivity index (χ0v) is 21.0. The number of nitrogens with one attached hydrogen (secondary N) is 1. The number of aromatic nitrogens is 1. The molecule has 37 heavy (non-hydrogen) atoms. The normalized spacial score (nSPS) is 18.3. The van der Waals surface area contributed by atoms with Crippen LogP contribution in [0.1, 0.15) is 49.7 Å². The number of esters is 1. The lowest BCUT2D eigenvalue weighted by Crippen LogP contribution is -2.19. The molecule has 1 fully saturated rings. The van der Waals surface area contributed by atoms with Crippen LogP contribution >= 0.6 is 0 Å². The summed E-state index contributed by atoms with van der Waals surface area (Å²) in [5.74, 6) is 0.632. The fraction of sp³-hybridized carbons (Fsp3) is 0.333. The van der Waals surface area contributed by atoms with Gasteiger partial charge in [-0.1, -0.05) is 24.3 Å². The van der Waals surface area contributed by atoms with Gasteiger partial charge in [0.1, 0.15) is 0 Å². The zero-order valence-electron chi connectivity index (χ0n) is 20.2.